The number of rotatable bonds is 6. The van der Waals surface area contributed by atoms with Crippen molar-refractivity contribution in [2.75, 3.05) is 20.2 Å². The summed E-state index contributed by atoms with van der Waals surface area (Å²) in [5, 5.41) is 3.03. The Bertz CT molecular complexity index is 557. The fourth-order valence-electron chi connectivity index (χ4n) is 2.16. The van der Waals surface area contributed by atoms with Crippen LogP contribution < -0.4 is 10.0 Å². The smallest absolute Gasteiger partial charge is 0.241 e. The summed E-state index contributed by atoms with van der Waals surface area (Å²) in [4.78, 5) is 0.260. The fourth-order valence-corrected chi connectivity index (χ4v) is 4.35. The monoisotopic (exact) mass is 362 g/mol. The normalized spacial score (nSPS) is 19.4. The Kier molecular flexibility index (Phi) is 5.57. The van der Waals surface area contributed by atoms with Gasteiger partial charge in [-0.05, 0) is 53.5 Å². The molecule has 0 saturated carbocycles. The molecule has 1 fully saturated rings. The Balaban J connectivity index is 2.08. The first-order valence-electron chi connectivity index (χ1n) is 6.57. The first kappa shape index (κ1) is 15.9. The minimum absolute atomic E-state index is 0.00730. The summed E-state index contributed by atoms with van der Waals surface area (Å²) in [6, 6.07) is 5.24. The van der Waals surface area contributed by atoms with Gasteiger partial charge in [0.2, 0.25) is 10.0 Å². The topological polar surface area (TPSA) is 67.4 Å². The van der Waals surface area contributed by atoms with Gasteiger partial charge >= 0.3 is 0 Å². The quantitative estimate of drug-likeness (QED) is 0.806. The maximum absolute atomic E-state index is 12.3. The minimum atomic E-state index is -3.51. The molecule has 7 heteroatoms. The minimum Gasteiger partial charge on any atom is -0.377 e. The number of sulfonamides is 1. The predicted molar refractivity (Wildman–Crippen MR) is 81.1 cm³/mol. The van der Waals surface area contributed by atoms with Gasteiger partial charge in [-0.25, -0.2) is 13.1 Å². The van der Waals surface area contributed by atoms with E-state index in [1.54, 1.807) is 6.07 Å². The highest BCUT2D eigenvalue weighted by atomic mass is 79.9. The lowest BCUT2D eigenvalue weighted by Gasteiger charge is -2.13. The van der Waals surface area contributed by atoms with Crippen molar-refractivity contribution >= 4 is 26.0 Å². The van der Waals surface area contributed by atoms with Crippen molar-refractivity contribution in [1.82, 2.24) is 10.0 Å². The molecule has 0 radical (unpaired) electrons. The Labute approximate surface area is 128 Å². The van der Waals surface area contributed by atoms with E-state index in [0.29, 0.717) is 17.6 Å². The predicted octanol–water partition coefficient (Wildman–Crippen LogP) is 1.63. The first-order chi connectivity index (χ1) is 9.53. The molecule has 1 heterocycles. The number of hydrogen-bond acceptors (Lipinski definition) is 4. The van der Waals surface area contributed by atoms with Crippen LogP contribution in [-0.2, 0) is 21.3 Å². The van der Waals surface area contributed by atoms with Crippen molar-refractivity contribution in [2.24, 2.45) is 0 Å². The molecule has 112 valence electrons. The van der Waals surface area contributed by atoms with Gasteiger partial charge in [0.05, 0.1) is 11.0 Å². The zero-order valence-electron chi connectivity index (χ0n) is 11.4. The number of benzene rings is 1. The van der Waals surface area contributed by atoms with Crippen LogP contribution in [0.5, 0.6) is 0 Å². The average molecular weight is 363 g/mol. The molecule has 1 aromatic carbocycles. The highest BCUT2D eigenvalue weighted by molar-refractivity contribution is 9.10. The molecule has 1 atom stereocenters. The Morgan fingerprint density at radius 3 is 2.85 bits per heavy atom. The van der Waals surface area contributed by atoms with Crippen LogP contribution in [0.1, 0.15) is 18.4 Å². The van der Waals surface area contributed by atoms with E-state index in [4.69, 9.17) is 4.74 Å². The molecular weight excluding hydrogens is 344 g/mol. The highest BCUT2D eigenvalue weighted by Gasteiger charge is 2.21. The van der Waals surface area contributed by atoms with Crippen LogP contribution in [0.3, 0.4) is 0 Å². The van der Waals surface area contributed by atoms with Crippen LogP contribution in [0, 0.1) is 0 Å². The molecule has 20 heavy (non-hydrogen) atoms. The molecule has 5 nitrogen and oxygen atoms in total. The van der Waals surface area contributed by atoms with Gasteiger partial charge in [0.15, 0.2) is 0 Å². The molecule has 1 aromatic rings. The van der Waals surface area contributed by atoms with E-state index in [1.807, 2.05) is 19.2 Å². The third kappa shape index (κ3) is 4.02. The van der Waals surface area contributed by atoms with E-state index >= 15 is 0 Å². The van der Waals surface area contributed by atoms with Crippen LogP contribution in [0.25, 0.3) is 0 Å². The van der Waals surface area contributed by atoms with Gasteiger partial charge in [-0.2, -0.15) is 0 Å². The van der Waals surface area contributed by atoms with Gasteiger partial charge < -0.3 is 10.1 Å². The van der Waals surface area contributed by atoms with Gasteiger partial charge in [0.25, 0.3) is 0 Å². The maximum atomic E-state index is 12.3. The first-order valence-corrected chi connectivity index (χ1v) is 8.85. The molecule has 0 amide bonds. The second-order valence-electron chi connectivity index (χ2n) is 4.78. The van der Waals surface area contributed by atoms with Gasteiger partial charge in [-0.1, -0.05) is 6.07 Å². The SMILES string of the molecule is CNCc1ccc(S(=O)(=O)NCC2CCCO2)c(Br)c1. The molecule has 1 unspecified atom stereocenters. The zero-order valence-corrected chi connectivity index (χ0v) is 13.8. The summed E-state index contributed by atoms with van der Waals surface area (Å²) in [6.07, 6.45) is 1.90. The highest BCUT2D eigenvalue weighted by Crippen LogP contribution is 2.23. The summed E-state index contributed by atoms with van der Waals surface area (Å²) < 4.78 is 33.1. The summed E-state index contributed by atoms with van der Waals surface area (Å²) in [5.41, 5.74) is 1.03. The van der Waals surface area contributed by atoms with Crippen LogP contribution in [0.4, 0.5) is 0 Å². The molecule has 0 aromatic heterocycles. The van der Waals surface area contributed by atoms with Crippen molar-refractivity contribution < 1.29 is 13.2 Å². The number of hydrogen-bond donors (Lipinski definition) is 2. The van der Waals surface area contributed by atoms with Crippen molar-refractivity contribution in [3.63, 3.8) is 0 Å². The summed E-state index contributed by atoms with van der Waals surface area (Å²) >= 11 is 3.33. The lowest BCUT2D eigenvalue weighted by atomic mass is 10.2. The average Bonchev–Trinajstić information content (AvgIpc) is 2.90. The fraction of sp³-hybridized carbons (Fsp3) is 0.538. The molecular formula is C13H19BrN2O3S. The molecule has 1 aliphatic heterocycles. The molecule has 0 bridgehead atoms. The van der Waals surface area contributed by atoms with E-state index in [0.717, 1.165) is 25.0 Å². The third-order valence-electron chi connectivity index (χ3n) is 3.19. The summed E-state index contributed by atoms with van der Waals surface area (Å²) in [7, 11) is -1.66. The summed E-state index contributed by atoms with van der Waals surface area (Å²) in [5.74, 6) is 0. The van der Waals surface area contributed by atoms with Crippen molar-refractivity contribution in [3.8, 4) is 0 Å². The second kappa shape index (κ2) is 7.00. The largest absolute Gasteiger partial charge is 0.377 e. The standard InChI is InChI=1S/C13H19BrN2O3S/c1-15-8-10-4-5-13(12(14)7-10)20(17,18)16-9-11-3-2-6-19-11/h4-5,7,11,15-16H,2-3,6,8-9H2,1H3. The number of halogens is 1. The van der Waals surface area contributed by atoms with Gasteiger partial charge in [-0.3, -0.25) is 0 Å². The maximum Gasteiger partial charge on any atom is 0.241 e. The van der Waals surface area contributed by atoms with Crippen molar-refractivity contribution in [3.05, 3.63) is 28.2 Å². The van der Waals surface area contributed by atoms with E-state index in [-0.39, 0.29) is 11.0 Å². The van der Waals surface area contributed by atoms with Crippen LogP contribution in [-0.4, -0.2) is 34.7 Å². The second-order valence-corrected chi connectivity index (χ2v) is 7.37. The molecule has 1 saturated heterocycles. The van der Waals surface area contributed by atoms with Crippen molar-refractivity contribution in [2.45, 2.75) is 30.4 Å². The lowest BCUT2D eigenvalue weighted by Crippen LogP contribution is -2.32. The molecule has 2 rings (SSSR count). The Hall–Kier alpha value is -0.470. The zero-order chi connectivity index (χ0) is 14.6. The lowest BCUT2D eigenvalue weighted by molar-refractivity contribution is 0.114. The molecule has 1 aliphatic rings. The number of ether oxygens (including phenoxy) is 1. The number of nitrogens with one attached hydrogen (secondary N) is 2. The van der Waals surface area contributed by atoms with Gasteiger partial charge in [0.1, 0.15) is 0 Å². The van der Waals surface area contributed by atoms with Gasteiger partial charge in [0, 0.05) is 24.2 Å². The van der Waals surface area contributed by atoms with E-state index in [1.165, 1.54) is 0 Å². The van der Waals surface area contributed by atoms with Gasteiger partial charge in [-0.15, -0.1) is 0 Å². The third-order valence-corrected chi connectivity index (χ3v) is 5.59. The Morgan fingerprint density at radius 2 is 2.25 bits per heavy atom. The van der Waals surface area contributed by atoms with E-state index < -0.39 is 10.0 Å². The van der Waals surface area contributed by atoms with Crippen molar-refractivity contribution in [1.29, 1.82) is 0 Å². The van der Waals surface area contributed by atoms with Crippen LogP contribution in [0.15, 0.2) is 27.6 Å². The van der Waals surface area contributed by atoms with E-state index in [2.05, 4.69) is 26.0 Å². The summed E-state index contributed by atoms with van der Waals surface area (Å²) in [6.45, 7) is 1.74. The Morgan fingerprint density at radius 1 is 1.45 bits per heavy atom. The molecule has 0 spiro atoms. The van der Waals surface area contributed by atoms with Crippen LogP contribution >= 0.6 is 15.9 Å². The molecule has 0 aliphatic carbocycles. The van der Waals surface area contributed by atoms with Crippen LogP contribution in [0.2, 0.25) is 0 Å². The molecule has 2 N–H and O–H groups in total. The van der Waals surface area contributed by atoms with E-state index in [9.17, 15) is 8.42 Å².